The minimum absolute atomic E-state index is 0.101. The minimum atomic E-state index is -3.68. The SMILES string of the molecule is COC(=O)[C@@H](N)Cc1cn(S(=O)(=O)c2ccccc2)cn1. The van der Waals surface area contributed by atoms with Crippen LogP contribution in [0.15, 0.2) is 47.8 Å². The first-order valence-electron chi connectivity index (χ1n) is 6.12. The van der Waals surface area contributed by atoms with Crippen LogP contribution in [0.25, 0.3) is 0 Å². The molecule has 0 radical (unpaired) electrons. The number of aromatic nitrogens is 2. The van der Waals surface area contributed by atoms with Gasteiger partial charge in [0.2, 0.25) is 0 Å². The van der Waals surface area contributed by atoms with E-state index in [0.29, 0.717) is 5.69 Å². The molecule has 1 atom stereocenters. The zero-order valence-electron chi connectivity index (χ0n) is 11.3. The second kappa shape index (κ2) is 6.06. The molecule has 21 heavy (non-hydrogen) atoms. The number of nitrogens with zero attached hydrogens (tertiary/aromatic N) is 2. The van der Waals surface area contributed by atoms with Crippen LogP contribution in [0, 0.1) is 0 Å². The summed E-state index contributed by atoms with van der Waals surface area (Å²) in [6.07, 6.45) is 2.62. The molecule has 2 rings (SSSR count). The molecule has 1 aromatic heterocycles. The van der Waals surface area contributed by atoms with E-state index in [1.165, 1.54) is 31.8 Å². The average molecular weight is 309 g/mol. The molecule has 0 amide bonds. The lowest BCUT2D eigenvalue weighted by Crippen LogP contribution is -2.33. The molecule has 1 aromatic carbocycles. The van der Waals surface area contributed by atoms with Crippen LogP contribution in [0.2, 0.25) is 0 Å². The number of methoxy groups -OCH3 is 1. The van der Waals surface area contributed by atoms with Gasteiger partial charge in [0.05, 0.1) is 17.7 Å². The van der Waals surface area contributed by atoms with Crippen molar-refractivity contribution in [1.82, 2.24) is 8.96 Å². The number of esters is 1. The number of hydrogen-bond acceptors (Lipinski definition) is 6. The summed E-state index contributed by atoms with van der Waals surface area (Å²) in [6.45, 7) is 0. The molecule has 2 N–H and O–H groups in total. The third-order valence-corrected chi connectivity index (χ3v) is 4.49. The van der Waals surface area contributed by atoms with Gasteiger partial charge < -0.3 is 10.5 Å². The second-order valence-corrected chi connectivity index (χ2v) is 6.19. The van der Waals surface area contributed by atoms with E-state index in [1.807, 2.05) is 0 Å². The number of hydrogen-bond donors (Lipinski definition) is 1. The molecule has 0 aliphatic carbocycles. The van der Waals surface area contributed by atoms with Crippen molar-refractivity contribution in [2.75, 3.05) is 7.11 Å². The van der Waals surface area contributed by atoms with E-state index in [-0.39, 0.29) is 11.3 Å². The normalized spacial score (nSPS) is 12.9. The fourth-order valence-corrected chi connectivity index (χ4v) is 2.93. The molecular weight excluding hydrogens is 294 g/mol. The first-order chi connectivity index (χ1) is 9.95. The molecule has 2 aromatic rings. The Morgan fingerprint density at radius 2 is 2.05 bits per heavy atom. The summed E-state index contributed by atoms with van der Waals surface area (Å²) in [5, 5.41) is 0. The summed E-state index contributed by atoms with van der Waals surface area (Å²) in [7, 11) is -2.45. The standard InChI is InChI=1S/C13H15N3O4S/c1-20-13(17)12(14)7-10-8-16(9-15-10)21(18,19)11-5-3-2-4-6-11/h2-6,8-9,12H,7,14H2,1H3/t12-/m0/s1. The lowest BCUT2D eigenvalue weighted by Gasteiger charge is -2.06. The first-order valence-corrected chi connectivity index (χ1v) is 7.56. The van der Waals surface area contributed by atoms with Crippen molar-refractivity contribution in [3.63, 3.8) is 0 Å². The van der Waals surface area contributed by atoms with Gasteiger partial charge in [-0.1, -0.05) is 18.2 Å². The van der Waals surface area contributed by atoms with Crippen molar-refractivity contribution in [3.05, 3.63) is 48.5 Å². The maximum atomic E-state index is 12.3. The average Bonchev–Trinajstić information content (AvgIpc) is 2.96. The van der Waals surface area contributed by atoms with E-state index in [4.69, 9.17) is 5.73 Å². The fraction of sp³-hybridized carbons (Fsp3) is 0.231. The number of carbonyl (C=O) groups excluding carboxylic acids is 1. The van der Waals surface area contributed by atoms with Crippen LogP contribution in [0.3, 0.4) is 0 Å². The van der Waals surface area contributed by atoms with E-state index in [9.17, 15) is 13.2 Å². The third-order valence-electron chi connectivity index (χ3n) is 2.87. The van der Waals surface area contributed by atoms with Gasteiger partial charge in [0.15, 0.2) is 0 Å². The van der Waals surface area contributed by atoms with Gasteiger partial charge in [-0.2, -0.15) is 0 Å². The van der Waals surface area contributed by atoms with Gasteiger partial charge >= 0.3 is 5.97 Å². The van der Waals surface area contributed by atoms with E-state index in [0.717, 1.165) is 3.97 Å². The lowest BCUT2D eigenvalue weighted by molar-refractivity contribution is -0.142. The molecule has 0 spiro atoms. The molecular formula is C13H15N3O4S. The predicted molar refractivity (Wildman–Crippen MR) is 74.9 cm³/mol. The summed E-state index contributed by atoms with van der Waals surface area (Å²) in [6, 6.07) is 7.12. The quantitative estimate of drug-likeness (QED) is 0.789. The molecule has 0 saturated carbocycles. The van der Waals surface area contributed by atoms with Gasteiger partial charge in [-0.15, -0.1) is 0 Å². The molecule has 7 nitrogen and oxygen atoms in total. The van der Waals surface area contributed by atoms with Gasteiger partial charge in [0.1, 0.15) is 12.4 Å². The number of imidazole rings is 1. The number of rotatable bonds is 5. The van der Waals surface area contributed by atoms with Crippen molar-refractivity contribution in [2.45, 2.75) is 17.4 Å². The number of nitrogens with two attached hydrogens (primary N) is 1. The molecule has 112 valence electrons. The van der Waals surface area contributed by atoms with Crippen molar-refractivity contribution in [3.8, 4) is 0 Å². The third kappa shape index (κ3) is 3.29. The lowest BCUT2D eigenvalue weighted by atomic mass is 10.2. The van der Waals surface area contributed by atoms with E-state index >= 15 is 0 Å². The number of benzene rings is 1. The highest BCUT2D eigenvalue weighted by atomic mass is 32.2. The Kier molecular flexibility index (Phi) is 4.39. The molecule has 0 unspecified atom stereocenters. The second-order valence-electron chi connectivity index (χ2n) is 4.35. The summed E-state index contributed by atoms with van der Waals surface area (Å²) in [5.74, 6) is -0.574. The highest BCUT2D eigenvalue weighted by Gasteiger charge is 2.20. The Balaban J connectivity index is 2.22. The maximum Gasteiger partial charge on any atom is 0.323 e. The van der Waals surface area contributed by atoms with E-state index in [2.05, 4.69) is 9.72 Å². The van der Waals surface area contributed by atoms with Gasteiger partial charge in [-0.25, -0.2) is 17.4 Å². The number of carbonyl (C=O) groups is 1. The van der Waals surface area contributed by atoms with Crippen LogP contribution in [-0.4, -0.2) is 36.5 Å². The molecule has 0 saturated heterocycles. The summed E-state index contributed by atoms with van der Waals surface area (Å²) in [4.78, 5) is 15.4. The largest absolute Gasteiger partial charge is 0.468 e. The Bertz CT molecular complexity index is 725. The van der Waals surface area contributed by atoms with Crippen molar-refractivity contribution >= 4 is 16.0 Å². The molecule has 0 bridgehead atoms. The Labute approximate surface area is 122 Å². The monoisotopic (exact) mass is 309 g/mol. The highest BCUT2D eigenvalue weighted by Crippen LogP contribution is 2.13. The molecule has 0 fully saturated rings. The van der Waals surface area contributed by atoms with Gasteiger partial charge in [0, 0.05) is 12.6 Å². The van der Waals surface area contributed by atoms with Crippen molar-refractivity contribution < 1.29 is 17.9 Å². The molecule has 1 heterocycles. The van der Waals surface area contributed by atoms with Crippen LogP contribution in [0.4, 0.5) is 0 Å². The molecule has 0 aliphatic rings. The van der Waals surface area contributed by atoms with Gasteiger partial charge in [-0.05, 0) is 12.1 Å². The maximum absolute atomic E-state index is 12.3. The van der Waals surface area contributed by atoms with Crippen LogP contribution in [0.5, 0.6) is 0 Å². The molecule has 8 heteroatoms. The Morgan fingerprint density at radius 3 is 2.67 bits per heavy atom. The summed E-state index contributed by atoms with van der Waals surface area (Å²) < 4.78 is 30.2. The van der Waals surface area contributed by atoms with Crippen LogP contribution >= 0.6 is 0 Å². The van der Waals surface area contributed by atoms with Gasteiger partial charge in [-0.3, -0.25) is 4.79 Å². The summed E-state index contributed by atoms with van der Waals surface area (Å²) in [5.41, 5.74) is 6.01. The Hall–Kier alpha value is -2.19. The summed E-state index contributed by atoms with van der Waals surface area (Å²) >= 11 is 0. The smallest absolute Gasteiger partial charge is 0.323 e. The number of ether oxygens (including phenoxy) is 1. The zero-order valence-corrected chi connectivity index (χ0v) is 12.2. The van der Waals surface area contributed by atoms with Crippen LogP contribution in [-0.2, 0) is 26.0 Å². The first kappa shape index (κ1) is 15.2. The fourth-order valence-electron chi connectivity index (χ4n) is 1.76. The van der Waals surface area contributed by atoms with Crippen molar-refractivity contribution in [2.24, 2.45) is 5.73 Å². The highest BCUT2D eigenvalue weighted by molar-refractivity contribution is 7.90. The Morgan fingerprint density at radius 1 is 1.38 bits per heavy atom. The van der Waals surface area contributed by atoms with Crippen LogP contribution < -0.4 is 5.73 Å². The predicted octanol–water partition coefficient (Wildman–Crippen LogP) is 0.163. The minimum Gasteiger partial charge on any atom is -0.468 e. The topological polar surface area (TPSA) is 104 Å². The molecule has 0 aliphatic heterocycles. The van der Waals surface area contributed by atoms with Crippen molar-refractivity contribution in [1.29, 1.82) is 0 Å². The van der Waals surface area contributed by atoms with E-state index in [1.54, 1.807) is 18.2 Å². The van der Waals surface area contributed by atoms with E-state index < -0.39 is 22.0 Å². The van der Waals surface area contributed by atoms with Crippen LogP contribution in [0.1, 0.15) is 5.69 Å². The van der Waals surface area contributed by atoms with Gasteiger partial charge in [0.25, 0.3) is 10.0 Å². The zero-order chi connectivity index (χ0) is 15.5.